The average molecular weight is 262 g/mol. The van der Waals surface area contributed by atoms with E-state index >= 15 is 0 Å². The quantitative estimate of drug-likeness (QED) is 0.668. The minimum atomic E-state index is -0.379. The molecule has 0 aliphatic carbocycles. The smallest absolute Gasteiger partial charge is 0.330 e. The molecule has 0 radical (unpaired) electrons. The van der Waals surface area contributed by atoms with Gasteiger partial charge in [0, 0.05) is 11.6 Å². The van der Waals surface area contributed by atoms with E-state index in [0.29, 0.717) is 5.75 Å². The predicted molar refractivity (Wildman–Crippen MR) is 77.5 cm³/mol. The second-order valence-electron chi connectivity index (χ2n) is 5.06. The maximum Gasteiger partial charge on any atom is 0.330 e. The molecule has 0 bridgehead atoms. The highest BCUT2D eigenvalue weighted by molar-refractivity contribution is 5.88. The number of methoxy groups -OCH3 is 1. The Balaban J connectivity index is 3.48. The molecular formula is C16H22O3. The van der Waals surface area contributed by atoms with Crippen LogP contribution in [0.1, 0.15) is 47.6 Å². The summed E-state index contributed by atoms with van der Waals surface area (Å²) in [5.74, 6) is 0.209. The summed E-state index contributed by atoms with van der Waals surface area (Å²) in [5.41, 5.74) is 4.77. The van der Waals surface area contributed by atoms with Crippen LogP contribution in [0.2, 0.25) is 0 Å². The monoisotopic (exact) mass is 262 g/mol. The number of carbonyl (C=O) groups excluding carboxylic acids is 1. The maximum absolute atomic E-state index is 11.2. The first-order chi connectivity index (χ1) is 8.81. The number of ether oxygens (including phenoxy) is 1. The third-order valence-corrected chi connectivity index (χ3v) is 3.55. The Morgan fingerprint density at radius 2 is 1.74 bits per heavy atom. The van der Waals surface area contributed by atoms with Gasteiger partial charge >= 0.3 is 5.97 Å². The highest BCUT2D eigenvalue weighted by Crippen LogP contribution is 2.37. The third-order valence-electron chi connectivity index (χ3n) is 3.55. The molecule has 1 aromatic rings. The number of carbonyl (C=O) groups is 1. The normalized spacial score (nSPS) is 11.3. The molecule has 1 rings (SSSR count). The second-order valence-corrected chi connectivity index (χ2v) is 5.06. The summed E-state index contributed by atoms with van der Waals surface area (Å²) in [5, 5.41) is 10.3. The van der Waals surface area contributed by atoms with Crippen LogP contribution in [0.5, 0.6) is 5.75 Å². The lowest BCUT2D eigenvalue weighted by Gasteiger charge is -2.19. The van der Waals surface area contributed by atoms with Gasteiger partial charge in [0.1, 0.15) is 5.75 Å². The molecule has 0 aromatic heterocycles. The number of hydrogen-bond acceptors (Lipinski definition) is 3. The number of phenols is 1. The molecule has 0 saturated carbocycles. The van der Waals surface area contributed by atoms with Crippen molar-refractivity contribution in [3.05, 3.63) is 33.9 Å². The lowest BCUT2D eigenvalue weighted by atomic mass is 9.87. The van der Waals surface area contributed by atoms with Gasteiger partial charge in [-0.1, -0.05) is 13.8 Å². The maximum atomic E-state index is 11.2. The molecule has 0 saturated heterocycles. The number of rotatable bonds is 3. The Kier molecular flexibility index (Phi) is 4.76. The molecule has 3 nitrogen and oxygen atoms in total. The molecule has 0 amide bonds. The standard InChI is InChI=1S/C16H22O3/c1-9(2)15-12(5)13(7-8-14(17)19-6)10(3)11(4)16(15)18/h7-9,18H,1-6H3/b8-7+. The average Bonchev–Trinajstić information content (AvgIpc) is 2.35. The zero-order valence-corrected chi connectivity index (χ0v) is 12.5. The van der Waals surface area contributed by atoms with Gasteiger partial charge in [-0.3, -0.25) is 0 Å². The van der Waals surface area contributed by atoms with Gasteiger partial charge in [-0.2, -0.15) is 0 Å². The second kappa shape index (κ2) is 5.91. The summed E-state index contributed by atoms with van der Waals surface area (Å²) < 4.78 is 4.61. The van der Waals surface area contributed by atoms with Crippen LogP contribution in [0.3, 0.4) is 0 Å². The van der Waals surface area contributed by atoms with Crippen LogP contribution in [-0.4, -0.2) is 18.2 Å². The third kappa shape index (κ3) is 2.98. The number of hydrogen-bond donors (Lipinski definition) is 1. The number of phenolic OH excluding ortho intramolecular Hbond substituents is 1. The van der Waals surface area contributed by atoms with Gasteiger partial charge < -0.3 is 9.84 Å². The van der Waals surface area contributed by atoms with Gasteiger partial charge in [0.05, 0.1) is 7.11 Å². The fraction of sp³-hybridized carbons (Fsp3) is 0.438. The van der Waals surface area contributed by atoms with Crippen LogP contribution in [0.25, 0.3) is 6.08 Å². The van der Waals surface area contributed by atoms with Crippen molar-refractivity contribution >= 4 is 12.0 Å². The number of esters is 1. The Morgan fingerprint density at radius 3 is 2.21 bits per heavy atom. The Bertz CT molecular complexity index is 526. The van der Waals surface area contributed by atoms with Gasteiger partial charge in [0.25, 0.3) is 0 Å². The summed E-state index contributed by atoms with van der Waals surface area (Å²) in [7, 11) is 1.36. The molecule has 19 heavy (non-hydrogen) atoms. The summed E-state index contributed by atoms with van der Waals surface area (Å²) in [6.07, 6.45) is 3.17. The first kappa shape index (κ1) is 15.3. The van der Waals surface area contributed by atoms with Crippen molar-refractivity contribution in [2.24, 2.45) is 0 Å². The highest BCUT2D eigenvalue weighted by atomic mass is 16.5. The van der Waals surface area contributed by atoms with E-state index in [1.807, 2.05) is 34.6 Å². The van der Waals surface area contributed by atoms with Crippen LogP contribution in [-0.2, 0) is 9.53 Å². The lowest BCUT2D eigenvalue weighted by Crippen LogP contribution is -2.02. The molecule has 104 valence electrons. The molecule has 3 heteroatoms. The van der Waals surface area contributed by atoms with Crippen molar-refractivity contribution in [2.45, 2.75) is 40.5 Å². The van der Waals surface area contributed by atoms with Crippen molar-refractivity contribution < 1.29 is 14.6 Å². The Labute approximate surface area is 114 Å². The molecule has 1 N–H and O–H groups in total. The van der Waals surface area contributed by atoms with E-state index in [2.05, 4.69) is 4.74 Å². The number of benzene rings is 1. The summed E-state index contributed by atoms with van der Waals surface area (Å²) in [6, 6.07) is 0. The van der Waals surface area contributed by atoms with Gasteiger partial charge in [-0.25, -0.2) is 4.79 Å². The zero-order chi connectivity index (χ0) is 14.7. The van der Waals surface area contributed by atoms with Gasteiger partial charge in [-0.15, -0.1) is 0 Å². The Hall–Kier alpha value is -1.77. The van der Waals surface area contributed by atoms with Crippen LogP contribution >= 0.6 is 0 Å². The first-order valence-electron chi connectivity index (χ1n) is 6.39. The van der Waals surface area contributed by atoms with E-state index in [1.165, 1.54) is 13.2 Å². The molecule has 0 fully saturated rings. The van der Waals surface area contributed by atoms with E-state index < -0.39 is 0 Å². The minimum Gasteiger partial charge on any atom is -0.507 e. The number of aromatic hydroxyl groups is 1. The van der Waals surface area contributed by atoms with E-state index in [9.17, 15) is 9.90 Å². The highest BCUT2D eigenvalue weighted by Gasteiger charge is 2.17. The van der Waals surface area contributed by atoms with E-state index in [1.54, 1.807) is 6.08 Å². The topological polar surface area (TPSA) is 46.5 Å². The summed E-state index contributed by atoms with van der Waals surface area (Å²) in [4.78, 5) is 11.2. The lowest BCUT2D eigenvalue weighted by molar-refractivity contribution is -0.134. The molecule has 1 aromatic carbocycles. The summed E-state index contributed by atoms with van der Waals surface area (Å²) >= 11 is 0. The molecule has 0 aliphatic rings. The molecule has 0 heterocycles. The van der Waals surface area contributed by atoms with Crippen LogP contribution in [0.15, 0.2) is 6.08 Å². The summed E-state index contributed by atoms with van der Waals surface area (Å²) in [6.45, 7) is 9.91. The van der Waals surface area contributed by atoms with Crippen LogP contribution in [0.4, 0.5) is 0 Å². The van der Waals surface area contributed by atoms with E-state index in [4.69, 9.17) is 0 Å². The molecular weight excluding hydrogens is 240 g/mol. The fourth-order valence-electron chi connectivity index (χ4n) is 2.36. The van der Waals surface area contributed by atoms with Crippen molar-refractivity contribution in [2.75, 3.05) is 7.11 Å². The molecule has 0 unspecified atom stereocenters. The Morgan fingerprint density at radius 1 is 1.16 bits per heavy atom. The van der Waals surface area contributed by atoms with Crippen molar-refractivity contribution in [3.8, 4) is 5.75 Å². The fourth-order valence-corrected chi connectivity index (χ4v) is 2.36. The van der Waals surface area contributed by atoms with Crippen LogP contribution in [0, 0.1) is 20.8 Å². The molecule has 0 aliphatic heterocycles. The largest absolute Gasteiger partial charge is 0.507 e. The van der Waals surface area contributed by atoms with E-state index in [-0.39, 0.29) is 11.9 Å². The van der Waals surface area contributed by atoms with Gasteiger partial charge in [0.2, 0.25) is 0 Å². The van der Waals surface area contributed by atoms with E-state index in [0.717, 1.165) is 27.8 Å². The first-order valence-corrected chi connectivity index (χ1v) is 6.39. The van der Waals surface area contributed by atoms with Gasteiger partial charge in [-0.05, 0) is 55.0 Å². The molecule has 0 spiro atoms. The SMILES string of the molecule is COC(=O)/C=C/c1c(C)c(C)c(O)c(C(C)C)c1C. The minimum absolute atomic E-state index is 0.226. The zero-order valence-electron chi connectivity index (χ0n) is 12.5. The van der Waals surface area contributed by atoms with Crippen molar-refractivity contribution in [1.82, 2.24) is 0 Å². The predicted octanol–water partition coefficient (Wildman–Crippen LogP) is 3.63. The van der Waals surface area contributed by atoms with Crippen molar-refractivity contribution in [1.29, 1.82) is 0 Å². The van der Waals surface area contributed by atoms with Crippen molar-refractivity contribution in [3.63, 3.8) is 0 Å². The van der Waals surface area contributed by atoms with Crippen LogP contribution < -0.4 is 0 Å². The molecule has 0 atom stereocenters. The van der Waals surface area contributed by atoms with Gasteiger partial charge in [0.15, 0.2) is 0 Å².